The number of H-pyrrole nitrogens is 1. The number of hydrogen-bond acceptors (Lipinski definition) is 3. The number of amides is 1. The molecule has 0 atom stereocenters. The van der Waals surface area contributed by atoms with Crippen molar-refractivity contribution in [2.45, 2.75) is 13.8 Å². The van der Waals surface area contributed by atoms with Crippen LogP contribution in [0.4, 0.5) is 5.69 Å². The van der Waals surface area contributed by atoms with Gasteiger partial charge < -0.3 is 5.32 Å². The van der Waals surface area contributed by atoms with Crippen LogP contribution in [-0.4, -0.2) is 21.1 Å². The van der Waals surface area contributed by atoms with E-state index in [1.807, 2.05) is 32.0 Å². The summed E-state index contributed by atoms with van der Waals surface area (Å²) in [7, 11) is 0. The third-order valence-electron chi connectivity index (χ3n) is 3.09. The number of hydrogen-bond donors (Lipinski definition) is 2. The molecule has 3 rings (SSSR count). The molecular weight excluding hydrogens is 252 g/mol. The Balaban J connectivity index is 2.09. The highest BCUT2D eigenvalue weighted by Gasteiger charge is 2.12. The molecule has 2 heterocycles. The number of pyridine rings is 1. The second kappa shape index (κ2) is 4.77. The second-order valence-corrected chi connectivity index (χ2v) is 4.77. The van der Waals surface area contributed by atoms with E-state index in [0.717, 1.165) is 22.2 Å². The molecule has 0 unspecified atom stereocenters. The fraction of sp³-hybridized carbons (Fsp3) is 0.133. The van der Waals surface area contributed by atoms with Crippen LogP contribution in [0.15, 0.2) is 36.7 Å². The van der Waals surface area contributed by atoms with Gasteiger partial charge in [-0.1, -0.05) is 11.6 Å². The third-order valence-corrected chi connectivity index (χ3v) is 3.09. The molecule has 0 saturated heterocycles. The summed E-state index contributed by atoms with van der Waals surface area (Å²) in [6, 6.07) is 7.71. The SMILES string of the molecule is Cc1ccc2nc(C)cc(C(=O)Nc3cn[nH]c3)c2c1. The van der Waals surface area contributed by atoms with Crippen LogP contribution in [-0.2, 0) is 0 Å². The van der Waals surface area contributed by atoms with E-state index in [0.29, 0.717) is 11.3 Å². The van der Waals surface area contributed by atoms with Crippen molar-refractivity contribution < 1.29 is 4.79 Å². The van der Waals surface area contributed by atoms with Gasteiger partial charge in [-0.2, -0.15) is 5.10 Å². The highest BCUT2D eigenvalue weighted by Crippen LogP contribution is 2.21. The second-order valence-electron chi connectivity index (χ2n) is 4.77. The summed E-state index contributed by atoms with van der Waals surface area (Å²) in [5, 5.41) is 10.2. The summed E-state index contributed by atoms with van der Waals surface area (Å²) in [6.45, 7) is 3.88. The average Bonchev–Trinajstić information content (AvgIpc) is 2.91. The zero-order valence-corrected chi connectivity index (χ0v) is 11.3. The van der Waals surface area contributed by atoms with Gasteiger partial charge in [0, 0.05) is 17.3 Å². The molecule has 5 heteroatoms. The van der Waals surface area contributed by atoms with E-state index < -0.39 is 0 Å². The fourth-order valence-electron chi connectivity index (χ4n) is 2.18. The van der Waals surface area contributed by atoms with Gasteiger partial charge in [0.25, 0.3) is 5.91 Å². The minimum absolute atomic E-state index is 0.160. The Bertz CT molecular complexity index is 778. The van der Waals surface area contributed by atoms with Crippen LogP contribution in [0.5, 0.6) is 0 Å². The highest BCUT2D eigenvalue weighted by atomic mass is 16.1. The molecule has 5 nitrogen and oxygen atoms in total. The lowest BCUT2D eigenvalue weighted by molar-refractivity contribution is 0.102. The van der Waals surface area contributed by atoms with E-state index in [-0.39, 0.29) is 5.91 Å². The molecule has 100 valence electrons. The van der Waals surface area contributed by atoms with E-state index in [9.17, 15) is 4.79 Å². The van der Waals surface area contributed by atoms with E-state index >= 15 is 0 Å². The molecule has 0 aliphatic rings. The molecular formula is C15H14N4O. The molecule has 0 spiro atoms. The lowest BCUT2D eigenvalue weighted by Gasteiger charge is -2.08. The largest absolute Gasteiger partial charge is 0.319 e. The summed E-state index contributed by atoms with van der Waals surface area (Å²) in [5.41, 5.74) is 4.01. The number of anilines is 1. The predicted molar refractivity (Wildman–Crippen MR) is 77.8 cm³/mol. The molecule has 20 heavy (non-hydrogen) atoms. The van der Waals surface area contributed by atoms with E-state index in [1.165, 1.54) is 0 Å². The van der Waals surface area contributed by atoms with E-state index in [2.05, 4.69) is 20.5 Å². The fourth-order valence-corrected chi connectivity index (χ4v) is 2.18. The van der Waals surface area contributed by atoms with Crippen molar-refractivity contribution >= 4 is 22.5 Å². The van der Waals surface area contributed by atoms with Crippen molar-refractivity contribution in [2.24, 2.45) is 0 Å². The van der Waals surface area contributed by atoms with Crippen LogP contribution >= 0.6 is 0 Å². The maximum atomic E-state index is 12.4. The normalized spacial score (nSPS) is 10.7. The minimum Gasteiger partial charge on any atom is -0.319 e. The van der Waals surface area contributed by atoms with Crippen LogP contribution in [0.3, 0.4) is 0 Å². The smallest absolute Gasteiger partial charge is 0.256 e. The van der Waals surface area contributed by atoms with Crippen molar-refractivity contribution in [2.75, 3.05) is 5.32 Å². The first-order valence-corrected chi connectivity index (χ1v) is 6.31. The monoisotopic (exact) mass is 266 g/mol. The van der Waals surface area contributed by atoms with Gasteiger partial charge in [0.05, 0.1) is 23.0 Å². The predicted octanol–water partition coefficient (Wildman–Crippen LogP) is 2.83. The first kappa shape index (κ1) is 12.3. The quantitative estimate of drug-likeness (QED) is 0.749. The first-order valence-electron chi connectivity index (χ1n) is 6.31. The summed E-state index contributed by atoms with van der Waals surface area (Å²) in [6.07, 6.45) is 3.21. The van der Waals surface area contributed by atoms with Crippen molar-refractivity contribution in [3.63, 3.8) is 0 Å². The lowest BCUT2D eigenvalue weighted by atomic mass is 10.0. The highest BCUT2D eigenvalue weighted by molar-refractivity contribution is 6.12. The first-order chi connectivity index (χ1) is 9.63. The third kappa shape index (κ3) is 2.25. The number of benzene rings is 1. The molecule has 0 saturated carbocycles. The summed E-state index contributed by atoms with van der Waals surface area (Å²) < 4.78 is 0. The molecule has 2 aromatic heterocycles. The zero-order valence-electron chi connectivity index (χ0n) is 11.3. The number of carbonyl (C=O) groups is 1. The molecule has 1 amide bonds. The molecule has 0 bridgehead atoms. The molecule has 1 aromatic carbocycles. The van der Waals surface area contributed by atoms with Crippen LogP contribution in [0.25, 0.3) is 10.9 Å². The number of carbonyl (C=O) groups excluding carboxylic acids is 1. The van der Waals surface area contributed by atoms with E-state index in [1.54, 1.807) is 18.5 Å². The van der Waals surface area contributed by atoms with Gasteiger partial charge in [-0.15, -0.1) is 0 Å². The van der Waals surface area contributed by atoms with Crippen molar-refractivity contribution in [3.8, 4) is 0 Å². The van der Waals surface area contributed by atoms with Crippen molar-refractivity contribution in [1.29, 1.82) is 0 Å². The summed E-state index contributed by atoms with van der Waals surface area (Å²) >= 11 is 0. The number of aromatic amines is 1. The summed E-state index contributed by atoms with van der Waals surface area (Å²) in [5.74, 6) is -0.160. The van der Waals surface area contributed by atoms with Crippen LogP contribution in [0, 0.1) is 13.8 Å². The zero-order chi connectivity index (χ0) is 14.1. The standard InChI is InChI=1S/C15H14N4O/c1-9-3-4-14-12(5-9)13(6-10(2)18-14)15(20)19-11-7-16-17-8-11/h3-8H,1-2H3,(H,16,17)(H,19,20). The van der Waals surface area contributed by atoms with Crippen LogP contribution in [0.2, 0.25) is 0 Å². The number of aryl methyl sites for hydroxylation is 2. The Labute approximate surface area is 116 Å². The minimum atomic E-state index is -0.160. The van der Waals surface area contributed by atoms with Crippen LogP contribution in [0.1, 0.15) is 21.6 Å². The number of nitrogens with zero attached hydrogens (tertiary/aromatic N) is 2. The van der Waals surface area contributed by atoms with Gasteiger partial charge >= 0.3 is 0 Å². The number of nitrogens with one attached hydrogen (secondary N) is 2. The Morgan fingerprint density at radius 1 is 1.25 bits per heavy atom. The lowest BCUT2D eigenvalue weighted by Crippen LogP contribution is -2.12. The van der Waals surface area contributed by atoms with Gasteiger partial charge in [-0.25, -0.2) is 0 Å². The molecule has 0 aliphatic carbocycles. The van der Waals surface area contributed by atoms with Gasteiger partial charge in [0.2, 0.25) is 0 Å². The maximum absolute atomic E-state index is 12.4. The van der Waals surface area contributed by atoms with Gasteiger partial charge in [-0.3, -0.25) is 14.9 Å². The van der Waals surface area contributed by atoms with E-state index in [4.69, 9.17) is 0 Å². The van der Waals surface area contributed by atoms with Crippen molar-refractivity contribution in [1.82, 2.24) is 15.2 Å². The van der Waals surface area contributed by atoms with Crippen LogP contribution < -0.4 is 5.32 Å². The van der Waals surface area contributed by atoms with Gasteiger partial charge in [0.1, 0.15) is 0 Å². The Morgan fingerprint density at radius 2 is 2.10 bits per heavy atom. The molecule has 3 aromatic rings. The maximum Gasteiger partial charge on any atom is 0.256 e. The Morgan fingerprint density at radius 3 is 2.85 bits per heavy atom. The number of aromatic nitrogens is 3. The molecule has 2 N–H and O–H groups in total. The average molecular weight is 266 g/mol. The molecule has 0 aliphatic heterocycles. The molecule has 0 radical (unpaired) electrons. The van der Waals surface area contributed by atoms with Gasteiger partial charge in [0.15, 0.2) is 0 Å². The topological polar surface area (TPSA) is 70.7 Å². The number of rotatable bonds is 2. The Kier molecular flexibility index (Phi) is 2.95. The van der Waals surface area contributed by atoms with Gasteiger partial charge in [-0.05, 0) is 32.0 Å². The van der Waals surface area contributed by atoms with Crippen molar-refractivity contribution in [3.05, 3.63) is 53.5 Å². The summed E-state index contributed by atoms with van der Waals surface area (Å²) in [4.78, 5) is 16.9. The number of fused-ring (bicyclic) bond motifs is 1. The Hall–Kier alpha value is -2.69. The molecule has 0 fully saturated rings.